The summed E-state index contributed by atoms with van der Waals surface area (Å²) < 4.78 is 0. The Bertz CT molecular complexity index is 1000. The van der Waals surface area contributed by atoms with E-state index in [4.69, 9.17) is 0 Å². The van der Waals surface area contributed by atoms with Crippen molar-refractivity contribution in [1.29, 1.82) is 0 Å². The number of amidine groups is 1. The molecule has 0 unspecified atom stereocenters. The predicted molar refractivity (Wildman–Crippen MR) is 123 cm³/mol. The van der Waals surface area contributed by atoms with Crippen LogP contribution in [0, 0.1) is 6.92 Å². The Hall–Kier alpha value is -3.13. The van der Waals surface area contributed by atoms with Gasteiger partial charge in [0.1, 0.15) is 0 Å². The molecule has 1 aliphatic rings. The molecule has 2 aromatic rings. The molecule has 0 bridgehead atoms. The smallest absolute Gasteiger partial charge is 0.318 e. The van der Waals surface area contributed by atoms with Gasteiger partial charge in [-0.1, -0.05) is 37.7 Å². The molecule has 4 amide bonds. The highest BCUT2D eigenvalue weighted by atomic mass is 32.2. The van der Waals surface area contributed by atoms with Gasteiger partial charge in [-0.3, -0.25) is 14.5 Å². The minimum atomic E-state index is -0.563. The van der Waals surface area contributed by atoms with E-state index in [1.165, 1.54) is 21.6 Å². The highest BCUT2D eigenvalue weighted by Crippen LogP contribution is 2.34. The number of carbonyl (C=O) groups excluding carboxylic acids is 3. The summed E-state index contributed by atoms with van der Waals surface area (Å²) in [6.45, 7) is 6.10. The molecule has 0 aliphatic carbocycles. The number of hydrogen-bond donors (Lipinski definition) is 1. The molecule has 8 heteroatoms. The summed E-state index contributed by atoms with van der Waals surface area (Å²) in [5, 5.41) is 3.07. The first-order valence-corrected chi connectivity index (χ1v) is 10.5. The van der Waals surface area contributed by atoms with Gasteiger partial charge < -0.3 is 10.2 Å². The Morgan fingerprint density at radius 1 is 1.23 bits per heavy atom. The molecular weight excluding hydrogens is 400 g/mol. The number of anilines is 3. The average molecular weight is 425 g/mol. The topological polar surface area (TPSA) is 82.1 Å². The Balaban J connectivity index is 1.84. The minimum Gasteiger partial charge on any atom is -0.318 e. The maximum Gasteiger partial charge on any atom is 0.347 e. The summed E-state index contributed by atoms with van der Waals surface area (Å²) in [5.74, 6) is 0.363. The molecule has 0 saturated carbocycles. The molecule has 0 radical (unpaired) electrons. The van der Waals surface area contributed by atoms with Crippen molar-refractivity contribution in [3.63, 3.8) is 0 Å². The van der Waals surface area contributed by atoms with Crippen LogP contribution in [-0.2, 0) is 9.59 Å². The van der Waals surface area contributed by atoms with Gasteiger partial charge >= 0.3 is 6.03 Å². The van der Waals surface area contributed by atoms with E-state index in [0.29, 0.717) is 23.0 Å². The third-order valence-electron chi connectivity index (χ3n) is 4.70. The van der Waals surface area contributed by atoms with Crippen LogP contribution < -0.4 is 15.1 Å². The van der Waals surface area contributed by atoms with E-state index in [9.17, 15) is 14.4 Å². The van der Waals surface area contributed by atoms with Crippen molar-refractivity contribution in [2.24, 2.45) is 4.99 Å². The van der Waals surface area contributed by atoms with Gasteiger partial charge in [-0.25, -0.2) is 4.79 Å². The highest BCUT2D eigenvalue weighted by Gasteiger charge is 2.32. The summed E-state index contributed by atoms with van der Waals surface area (Å²) in [7, 11) is 1.65. The zero-order chi connectivity index (χ0) is 21.8. The van der Waals surface area contributed by atoms with Crippen LogP contribution in [0.15, 0.2) is 47.5 Å². The Morgan fingerprint density at radius 2 is 1.93 bits per heavy atom. The third-order valence-corrected chi connectivity index (χ3v) is 5.62. The molecular formula is C22H24N4O3S. The summed E-state index contributed by atoms with van der Waals surface area (Å²) in [4.78, 5) is 43.0. The van der Waals surface area contributed by atoms with Crippen LogP contribution in [-0.4, -0.2) is 36.3 Å². The molecule has 1 fully saturated rings. The standard InChI is InChI=1S/C22H24N4O3S/c1-14(2)18-10-5-15(3)11-19(18)26-20(28)12-30-22(26)24-21(29)23-16-6-8-17(9-7-16)25(4)13-27/h5-11,13-14H,12H2,1-4H3,(H,23,29). The summed E-state index contributed by atoms with van der Waals surface area (Å²) in [6.07, 6.45) is 0.708. The van der Waals surface area contributed by atoms with Crippen LogP contribution in [0.1, 0.15) is 30.9 Å². The number of thioether (sulfide) groups is 1. The summed E-state index contributed by atoms with van der Waals surface area (Å²) in [5.41, 5.74) is 4.08. The van der Waals surface area contributed by atoms with Gasteiger partial charge in [-0.2, -0.15) is 4.99 Å². The highest BCUT2D eigenvalue weighted by molar-refractivity contribution is 8.15. The second-order valence-corrected chi connectivity index (χ2v) is 8.27. The first-order valence-electron chi connectivity index (χ1n) is 9.54. The second kappa shape index (κ2) is 9.13. The minimum absolute atomic E-state index is 0.0969. The average Bonchev–Trinajstić information content (AvgIpc) is 3.07. The quantitative estimate of drug-likeness (QED) is 0.722. The van der Waals surface area contributed by atoms with E-state index in [1.807, 2.05) is 25.1 Å². The number of nitrogens with zero attached hydrogens (tertiary/aromatic N) is 3. The molecule has 0 aromatic heterocycles. The Morgan fingerprint density at radius 3 is 2.57 bits per heavy atom. The van der Waals surface area contributed by atoms with E-state index >= 15 is 0 Å². The van der Waals surface area contributed by atoms with Gasteiger partial charge in [0.05, 0.1) is 11.4 Å². The number of benzene rings is 2. The number of aliphatic imine (C=N–C) groups is 1. The van der Waals surface area contributed by atoms with Crippen molar-refractivity contribution in [2.75, 3.05) is 27.9 Å². The second-order valence-electron chi connectivity index (χ2n) is 7.32. The lowest BCUT2D eigenvalue weighted by molar-refractivity contribution is -0.115. The van der Waals surface area contributed by atoms with Crippen molar-refractivity contribution < 1.29 is 14.4 Å². The lowest BCUT2D eigenvalue weighted by Crippen LogP contribution is -2.31. The Kier molecular flexibility index (Phi) is 6.56. The lowest BCUT2D eigenvalue weighted by Gasteiger charge is -2.22. The number of carbonyl (C=O) groups is 3. The van der Waals surface area contributed by atoms with Crippen LogP contribution >= 0.6 is 11.8 Å². The third kappa shape index (κ3) is 4.71. The number of nitrogens with one attached hydrogen (secondary N) is 1. The fourth-order valence-corrected chi connectivity index (χ4v) is 3.95. The van der Waals surface area contributed by atoms with Gasteiger partial charge in [0.15, 0.2) is 5.17 Å². The molecule has 1 N–H and O–H groups in total. The summed E-state index contributed by atoms with van der Waals surface area (Å²) in [6, 6.07) is 12.2. The van der Waals surface area contributed by atoms with Gasteiger partial charge in [0, 0.05) is 18.4 Å². The van der Waals surface area contributed by atoms with Crippen LogP contribution in [0.3, 0.4) is 0 Å². The van der Waals surface area contributed by atoms with Gasteiger partial charge in [0.2, 0.25) is 12.3 Å². The molecule has 156 valence electrons. The fourth-order valence-electron chi connectivity index (χ4n) is 3.10. The number of urea groups is 1. The number of hydrogen-bond acceptors (Lipinski definition) is 4. The van der Waals surface area contributed by atoms with Crippen molar-refractivity contribution in [3.8, 4) is 0 Å². The molecule has 0 spiro atoms. The molecule has 1 heterocycles. The largest absolute Gasteiger partial charge is 0.347 e. The predicted octanol–water partition coefficient (Wildman–Crippen LogP) is 4.38. The van der Waals surface area contributed by atoms with Gasteiger partial charge in [-0.05, 0) is 54.3 Å². The Labute approximate surface area is 180 Å². The molecule has 2 aromatic carbocycles. The number of aryl methyl sites for hydroxylation is 1. The van der Waals surface area contributed by atoms with Crippen LogP contribution in [0.4, 0.5) is 21.9 Å². The lowest BCUT2D eigenvalue weighted by atomic mass is 9.99. The van der Waals surface area contributed by atoms with Crippen molar-refractivity contribution in [2.45, 2.75) is 26.7 Å². The van der Waals surface area contributed by atoms with Crippen LogP contribution in [0.2, 0.25) is 0 Å². The first-order chi connectivity index (χ1) is 14.3. The fraction of sp³-hybridized carbons (Fsp3) is 0.273. The molecule has 0 atom stereocenters. The molecule has 3 rings (SSSR count). The van der Waals surface area contributed by atoms with Crippen LogP contribution in [0.5, 0.6) is 0 Å². The van der Waals surface area contributed by atoms with Crippen molar-refractivity contribution in [1.82, 2.24) is 0 Å². The summed E-state index contributed by atoms with van der Waals surface area (Å²) >= 11 is 1.25. The van der Waals surface area contributed by atoms with E-state index in [0.717, 1.165) is 16.8 Å². The van der Waals surface area contributed by atoms with E-state index in [2.05, 4.69) is 24.2 Å². The zero-order valence-corrected chi connectivity index (χ0v) is 18.2. The van der Waals surface area contributed by atoms with Crippen LogP contribution in [0.25, 0.3) is 0 Å². The van der Waals surface area contributed by atoms with Gasteiger partial charge in [0.25, 0.3) is 0 Å². The SMILES string of the molecule is Cc1ccc(C(C)C)c(N2C(=O)CSC2=NC(=O)Nc2ccc(N(C)C=O)cc2)c1. The maximum atomic E-state index is 12.6. The van der Waals surface area contributed by atoms with E-state index < -0.39 is 6.03 Å². The number of rotatable bonds is 5. The molecule has 1 aliphatic heterocycles. The molecule has 30 heavy (non-hydrogen) atoms. The van der Waals surface area contributed by atoms with Crippen molar-refractivity contribution in [3.05, 3.63) is 53.6 Å². The zero-order valence-electron chi connectivity index (χ0n) is 17.4. The maximum absolute atomic E-state index is 12.6. The number of amides is 4. The van der Waals surface area contributed by atoms with E-state index in [-0.39, 0.29) is 17.6 Å². The monoisotopic (exact) mass is 424 g/mol. The van der Waals surface area contributed by atoms with Gasteiger partial charge in [-0.15, -0.1) is 0 Å². The first kappa shape index (κ1) is 21.6. The van der Waals surface area contributed by atoms with E-state index in [1.54, 1.807) is 31.3 Å². The normalized spacial score (nSPS) is 15.0. The molecule has 7 nitrogen and oxygen atoms in total. The molecule has 1 saturated heterocycles. The van der Waals surface area contributed by atoms with Crippen molar-refractivity contribution >= 4 is 52.3 Å².